The van der Waals surface area contributed by atoms with Crippen molar-refractivity contribution in [1.29, 1.82) is 0 Å². The number of rotatable bonds is 4. The lowest BCUT2D eigenvalue weighted by Gasteiger charge is -2.01. The van der Waals surface area contributed by atoms with Crippen molar-refractivity contribution >= 4 is 16.8 Å². The van der Waals surface area contributed by atoms with E-state index in [1.54, 1.807) is 6.92 Å². The lowest BCUT2D eigenvalue weighted by Crippen LogP contribution is -2.22. The van der Waals surface area contributed by atoms with Gasteiger partial charge in [0.05, 0.1) is 0 Å². The van der Waals surface area contributed by atoms with Crippen molar-refractivity contribution in [2.24, 2.45) is 0 Å². The van der Waals surface area contributed by atoms with Crippen molar-refractivity contribution in [3.8, 4) is 0 Å². The first kappa shape index (κ1) is 11.7. The van der Waals surface area contributed by atoms with Crippen molar-refractivity contribution in [2.75, 3.05) is 6.54 Å². The molecule has 0 fully saturated rings. The van der Waals surface area contributed by atoms with E-state index in [0.717, 1.165) is 12.8 Å². The van der Waals surface area contributed by atoms with Crippen LogP contribution in [0, 0.1) is 0 Å². The summed E-state index contributed by atoms with van der Waals surface area (Å²) in [6, 6.07) is 6.52. The van der Waals surface area contributed by atoms with E-state index in [2.05, 4.69) is 35.4 Å². The summed E-state index contributed by atoms with van der Waals surface area (Å²) < 4.78 is 0. The number of nitrogens with one attached hydrogen (secondary N) is 2. The highest BCUT2D eigenvalue weighted by atomic mass is 16.1. The Morgan fingerprint density at radius 2 is 2.24 bits per heavy atom. The maximum Gasteiger partial charge on any atom is 0.216 e. The fourth-order valence-electron chi connectivity index (χ4n) is 2.03. The average molecular weight is 230 g/mol. The minimum absolute atomic E-state index is 0.0260. The molecule has 0 aliphatic carbocycles. The molecule has 17 heavy (non-hydrogen) atoms. The number of benzene rings is 1. The minimum atomic E-state index is 0.0260. The van der Waals surface area contributed by atoms with Crippen LogP contribution in [-0.2, 0) is 17.6 Å². The van der Waals surface area contributed by atoms with Gasteiger partial charge in [0.2, 0.25) is 5.91 Å². The topological polar surface area (TPSA) is 44.9 Å². The summed E-state index contributed by atoms with van der Waals surface area (Å²) in [5.41, 5.74) is 3.78. The van der Waals surface area contributed by atoms with E-state index in [1.807, 2.05) is 6.20 Å². The zero-order valence-corrected chi connectivity index (χ0v) is 10.3. The second kappa shape index (κ2) is 5.04. The van der Waals surface area contributed by atoms with Crippen LogP contribution in [-0.4, -0.2) is 17.4 Å². The number of aromatic nitrogens is 1. The summed E-state index contributed by atoms with van der Waals surface area (Å²) >= 11 is 0. The van der Waals surface area contributed by atoms with E-state index in [-0.39, 0.29) is 5.91 Å². The molecule has 0 bridgehead atoms. The van der Waals surface area contributed by atoms with Crippen molar-refractivity contribution in [1.82, 2.24) is 10.3 Å². The molecule has 1 amide bonds. The van der Waals surface area contributed by atoms with Crippen molar-refractivity contribution in [2.45, 2.75) is 26.7 Å². The second-order valence-corrected chi connectivity index (χ2v) is 4.28. The van der Waals surface area contributed by atoms with Crippen LogP contribution in [0.1, 0.15) is 25.0 Å². The van der Waals surface area contributed by atoms with Crippen LogP contribution in [0.25, 0.3) is 10.9 Å². The van der Waals surface area contributed by atoms with Gasteiger partial charge in [-0.25, -0.2) is 0 Å². The molecule has 0 aliphatic rings. The van der Waals surface area contributed by atoms with Crippen LogP contribution in [0.4, 0.5) is 0 Å². The highest BCUT2D eigenvalue weighted by Crippen LogP contribution is 2.20. The third-order valence-electron chi connectivity index (χ3n) is 3.01. The summed E-state index contributed by atoms with van der Waals surface area (Å²) in [7, 11) is 0. The molecule has 1 aromatic carbocycles. The van der Waals surface area contributed by atoms with Crippen LogP contribution in [0.3, 0.4) is 0 Å². The van der Waals surface area contributed by atoms with Gasteiger partial charge in [-0.15, -0.1) is 0 Å². The van der Waals surface area contributed by atoms with E-state index >= 15 is 0 Å². The summed E-state index contributed by atoms with van der Waals surface area (Å²) in [5.74, 6) is 0.0260. The van der Waals surface area contributed by atoms with E-state index in [4.69, 9.17) is 0 Å². The largest absolute Gasteiger partial charge is 0.361 e. The zero-order chi connectivity index (χ0) is 12.3. The molecule has 0 saturated heterocycles. The molecular formula is C14H18N2O. The van der Waals surface area contributed by atoms with E-state index in [9.17, 15) is 4.79 Å². The number of hydrogen-bond acceptors (Lipinski definition) is 1. The Bertz CT molecular complexity index is 528. The Kier molecular flexibility index (Phi) is 3.47. The molecule has 0 atom stereocenters. The lowest BCUT2D eigenvalue weighted by atomic mass is 10.1. The quantitative estimate of drug-likeness (QED) is 0.832. The Balaban J connectivity index is 2.16. The fraction of sp³-hybridized carbons (Fsp3) is 0.357. The molecule has 1 aromatic heterocycles. The number of carbonyl (C=O) groups excluding carboxylic acids is 1. The number of hydrogen-bond donors (Lipinski definition) is 2. The minimum Gasteiger partial charge on any atom is -0.361 e. The van der Waals surface area contributed by atoms with Gasteiger partial charge in [0, 0.05) is 30.6 Å². The summed E-state index contributed by atoms with van der Waals surface area (Å²) in [4.78, 5) is 14.1. The molecule has 1 heterocycles. The van der Waals surface area contributed by atoms with Gasteiger partial charge < -0.3 is 10.3 Å². The monoisotopic (exact) mass is 230 g/mol. The van der Waals surface area contributed by atoms with Crippen LogP contribution >= 0.6 is 0 Å². The third-order valence-corrected chi connectivity index (χ3v) is 3.01. The molecule has 3 heteroatoms. The molecule has 0 spiro atoms. The second-order valence-electron chi connectivity index (χ2n) is 4.28. The van der Waals surface area contributed by atoms with Crippen LogP contribution in [0.5, 0.6) is 0 Å². The first-order chi connectivity index (χ1) is 8.20. The first-order valence-electron chi connectivity index (χ1n) is 6.04. The van der Waals surface area contributed by atoms with E-state index < -0.39 is 0 Å². The SMILES string of the molecule is CCc1ccc2c(CCNC(C)=O)c[nH]c2c1. The molecule has 0 unspecified atom stereocenters. The number of H-pyrrole nitrogens is 1. The summed E-state index contributed by atoms with van der Waals surface area (Å²) in [5, 5.41) is 4.08. The zero-order valence-electron chi connectivity index (χ0n) is 10.3. The molecule has 3 nitrogen and oxygen atoms in total. The van der Waals surface area contributed by atoms with Gasteiger partial charge in [-0.05, 0) is 30.0 Å². The standard InChI is InChI=1S/C14H18N2O/c1-3-11-4-5-13-12(6-7-15-10(2)17)9-16-14(13)8-11/h4-5,8-9,16H,3,6-7H2,1-2H3,(H,15,17). The van der Waals surface area contributed by atoms with Gasteiger partial charge in [-0.1, -0.05) is 19.1 Å². The normalized spacial score (nSPS) is 10.7. The first-order valence-corrected chi connectivity index (χ1v) is 6.04. The maximum absolute atomic E-state index is 10.8. The van der Waals surface area contributed by atoms with Gasteiger partial charge in [0.1, 0.15) is 0 Å². The van der Waals surface area contributed by atoms with Gasteiger partial charge in [-0.2, -0.15) is 0 Å². The highest BCUT2D eigenvalue weighted by Gasteiger charge is 2.04. The van der Waals surface area contributed by atoms with Gasteiger partial charge in [0.15, 0.2) is 0 Å². The average Bonchev–Trinajstić information content (AvgIpc) is 2.71. The molecule has 0 radical (unpaired) electrons. The molecule has 90 valence electrons. The third kappa shape index (κ3) is 2.67. The number of amides is 1. The Morgan fingerprint density at radius 3 is 2.94 bits per heavy atom. The summed E-state index contributed by atoms with van der Waals surface area (Å²) in [6.45, 7) is 4.39. The predicted octanol–water partition coefficient (Wildman–Crippen LogP) is 2.41. The molecule has 0 saturated carbocycles. The van der Waals surface area contributed by atoms with Crippen molar-refractivity contribution < 1.29 is 4.79 Å². The smallest absolute Gasteiger partial charge is 0.216 e. The molecule has 2 aromatic rings. The molecule has 2 rings (SSSR count). The van der Waals surface area contributed by atoms with E-state index in [0.29, 0.717) is 6.54 Å². The van der Waals surface area contributed by atoms with Crippen molar-refractivity contribution in [3.63, 3.8) is 0 Å². The van der Waals surface area contributed by atoms with Crippen LogP contribution < -0.4 is 5.32 Å². The number of aromatic amines is 1. The molecule has 2 N–H and O–H groups in total. The Hall–Kier alpha value is -1.77. The summed E-state index contributed by atoms with van der Waals surface area (Å²) in [6.07, 6.45) is 3.95. The Labute approximate surface area is 101 Å². The van der Waals surface area contributed by atoms with Crippen LogP contribution in [0.15, 0.2) is 24.4 Å². The van der Waals surface area contributed by atoms with E-state index in [1.165, 1.54) is 22.0 Å². The Morgan fingerprint density at radius 1 is 1.41 bits per heavy atom. The predicted molar refractivity (Wildman–Crippen MR) is 70.1 cm³/mol. The lowest BCUT2D eigenvalue weighted by molar-refractivity contribution is -0.118. The maximum atomic E-state index is 10.8. The van der Waals surface area contributed by atoms with Gasteiger partial charge in [-0.3, -0.25) is 4.79 Å². The van der Waals surface area contributed by atoms with Crippen molar-refractivity contribution in [3.05, 3.63) is 35.5 Å². The number of fused-ring (bicyclic) bond motifs is 1. The van der Waals surface area contributed by atoms with Crippen LogP contribution in [0.2, 0.25) is 0 Å². The fourth-order valence-corrected chi connectivity index (χ4v) is 2.03. The molecular weight excluding hydrogens is 212 g/mol. The number of aryl methyl sites for hydroxylation is 1. The van der Waals surface area contributed by atoms with Gasteiger partial charge >= 0.3 is 0 Å². The highest BCUT2D eigenvalue weighted by molar-refractivity contribution is 5.84. The number of carbonyl (C=O) groups is 1. The molecule has 0 aliphatic heterocycles. The van der Waals surface area contributed by atoms with Gasteiger partial charge in [0.25, 0.3) is 0 Å².